The van der Waals surface area contributed by atoms with Crippen molar-refractivity contribution >= 4 is 23.5 Å². The zero-order valence-electron chi connectivity index (χ0n) is 15.5. The fourth-order valence-electron chi connectivity index (χ4n) is 2.30. The van der Waals surface area contributed by atoms with Gasteiger partial charge < -0.3 is 19.7 Å². The first-order valence-electron chi connectivity index (χ1n) is 8.30. The van der Waals surface area contributed by atoms with E-state index in [0.29, 0.717) is 17.0 Å². The number of ether oxygens (including phenoxy) is 2. The van der Waals surface area contributed by atoms with E-state index in [0.717, 1.165) is 5.56 Å². The molecule has 0 spiro atoms. The normalized spacial score (nSPS) is 10.0. The van der Waals surface area contributed by atoms with Crippen molar-refractivity contribution in [3.8, 4) is 5.75 Å². The van der Waals surface area contributed by atoms with E-state index in [-0.39, 0.29) is 12.5 Å². The second kappa shape index (κ2) is 9.38. The van der Waals surface area contributed by atoms with Crippen molar-refractivity contribution in [3.63, 3.8) is 0 Å². The average molecular weight is 370 g/mol. The monoisotopic (exact) mass is 370 g/mol. The number of methoxy groups -OCH3 is 1. The molecule has 0 aromatic heterocycles. The molecular weight excluding hydrogens is 348 g/mol. The Bertz CT molecular complexity index is 835. The molecule has 0 aliphatic heterocycles. The van der Waals surface area contributed by atoms with Crippen LogP contribution in [-0.2, 0) is 14.3 Å². The number of nitrogens with zero attached hydrogens (tertiary/aromatic N) is 1. The summed E-state index contributed by atoms with van der Waals surface area (Å²) in [5.41, 5.74) is 1.86. The van der Waals surface area contributed by atoms with Crippen LogP contribution in [0.4, 0.5) is 5.69 Å². The molecule has 0 saturated heterocycles. The number of nitrogens with one attached hydrogen (secondary N) is 1. The minimum absolute atomic E-state index is 0.169. The lowest BCUT2D eigenvalue weighted by Gasteiger charge is -2.17. The SMILES string of the molecule is COc1cccc(NC(=O)CN(C)C(=O)COC(=O)c2cccc(C)c2)c1. The number of hydrogen-bond acceptors (Lipinski definition) is 5. The highest BCUT2D eigenvalue weighted by Gasteiger charge is 2.16. The van der Waals surface area contributed by atoms with Gasteiger partial charge in [0.25, 0.3) is 5.91 Å². The van der Waals surface area contributed by atoms with Crippen LogP contribution in [0.15, 0.2) is 48.5 Å². The molecule has 2 rings (SSSR count). The van der Waals surface area contributed by atoms with Crippen LogP contribution in [0.3, 0.4) is 0 Å². The minimum Gasteiger partial charge on any atom is -0.497 e. The molecule has 2 aromatic rings. The van der Waals surface area contributed by atoms with Gasteiger partial charge in [0, 0.05) is 18.8 Å². The zero-order valence-corrected chi connectivity index (χ0v) is 15.5. The smallest absolute Gasteiger partial charge is 0.338 e. The Kier molecular flexibility index (Phi) is 6.93. The first-order chi connectivity index (χ1) is 12.9. The molecule has 0 atom stereocenters. The third kappa shape index (κ3) is 6.14. The van der Waals surface area contributed by atoms with Crippen molar-refractivity contribution in [1.82, 2.24) is 4.90 Å². The molecule has 0 fully saturated rings. The van der Waals surface area contributed by atoms with E-state index in [2.05, 4.69) is 5.32 Å². The molecule has 7 heteroatoms. The molecule has 27 heavy (non-hydrogen) atoms. The summed E-state index contributed by atoms with van der Waals surface area (Å²) in [4.78, 5) is 37.3. The molecule has 0 heterocycles. The maximum Gasteiger partial charge on any atom is 0.338 e. The summed E-state index contributed by atoms with van der Waals surface area (Å²) in [5, 5.41) is 2.68. The van der Waals surface area contributed by atoms with Crippen molar-refractivity contribution in [2.45, 2.75) is 6.92 Å². The van der Waals surface area contributed by atoms with E-state index >= 15 is 0 Å². The second-order valence-corrected chi connectivity index (χ2v) is 5.98. The Labute approximate surface area is 157 Å². The molecule has 2 amide bonds. The number of likely N-dealkylation sites (N-methyl/N-ethyl adjacent to an activating group) is 1. The summed E-state index contributed by atoms with van der Waals surface area (Å²) >= 11 is 0. The van der Waals surface area contributed by atoms with Crippen molar-refractivity contribution in [2.75, 3.05) is 32.6 Å². The summed E-state index contributed by atoms with van der Waals surface area (Å²) in [6.07, 6.45) is 0. The van der Waals surface area contributed by atoms with Crippen LogP contribution in [0.5, 0.6) is 5.75 Å². The first kappa shape index (κ1) is 20.0. The fraction of sp³-hybridized carbons (Fsp3) is 0.250. The Morgan fingerprint density at radius 1 is 1.07 bits per heavy atom. The van der Waals surface area contributed by atoms with Crippen LogP contribution in [0.25, 0.3) is 0 Å². The fourth-order valence-corrected chi connectivity index (χ4v) is 2.30. The van der Waals surface area contributed by atoms with Gasteiger partial charge in [-0.05, 0) is 31.2 Å². The van der Waals surface area contributed by atoms with Crippen LogP contribution in [0, 0.1) is 6.92 Å². The molecule has 0 saturated carbocycles. The topological polar surface area (TPSA) is 84.9 Å². The van der Waals surface area contributed by atoms with Gasteiger partial charge in [0.05, 0.1) is 19.2 Å². The molecule has 1 N–H and O–H groups in total. The number of carbonyl (C=O) groups is 3. The molecule has 7 nitrogen and oxygen atoms in total. The van der Waals surface area contributed by atoms with Gasteiger partial charge >= 0.3 is 5.97 Å². The largest absolute Gasteiger partial charge is 0.497 e. The van der Waals surface area contributed by atoms with Gasteiger partial charge in [0.1, 0.15) is 5.75 Å². The van der Waals surface area contributed by atoms with E-state index < -0.39 is 18.5 Å². The maximum absolute atomic E-state index is 12.1. The average Bonchev–Trinajstić information content (AvgIpc) is 2.65. The predicted octanol–water partition coefficient (Wildman–Crippen LogP) is 2.26. The summed E-state index contributed by atoms with van der Waals surface area (Å²) < 4.78 is 10.1. The zero-order chi connectivity index (χ0) is 19.8. The number of amides is 2. The number of carbonyl (C=O) groups excluding carboxylic acids is 3. The van der Waals surface area contributed by atoms with E-state index in [1.165, 1.54) is 19.1 Å². The summed E-state index contributed by atoms with van der Waals surface area (Å²) in [5.74, 6) is -0.817. The molecule has 2 aromatic carbocycles. The summed E-state index contributed by atoms with van der Waals surface area (Å²) in [6.45, 7) is 1.25. The number of esters is 1. The molecule has 0 radical (unpaired) electrons. The Morgan fingerprint density at radius 2 is 1.81 bits per heavy atom. The lowest BCUT2D eigenvalue weighted by Crippen LogP contribution is -2.37. The lowest BCUT2D eigenvalue weighted by molar-refractivity contribution is -0.136. The third-order valence-electron chi connectivity index (χ3n) is 3.74. The highest BCUT2D eigenvalue weighted by atomic mass is 16.5. The number of aryl methyl sites for hydroxylation is 1. The molecule has 0 aliphatic carbocycles. The van der Waals surface area contributed by atoms with Crippen LogP contribution >= 0.6 is 0 Å². The summed E-state index contributed by atoms with van der Waals surface area (Å²) in [7, 11) is 3.00. The predicted molar refractivity (Wildman–Crippen MR) is 101 cm³/mol. The van der Waals surface area contributed by atoms with Gasteiger partial charge in [0.15, 0.2) is 6.61 Å². The lowest BCUT2D eigenvalue weighted by atomic mass is 10.1. The van der Waals surface area contributed by atoms with Gasteiger partial charge in [-0.25, -0.2) is 4.79 Å². The number of anilines is 1. The Morgan fingerprint density at radius 3 is 2.52 bits per heavy atom. The maximum atomic E-state index is 12.1. The molecular formula is C20H22N2O5. The Hall–Kier alpha value is -3.35. The molecule has 0 unspecified atom stereocenters. The van der Waals surface area contributed by atoms with Crippen molar-refractivity contribution in [1.29, 1.82) is 0 Å². The minimum atomic E-state index is -0.582. The van der Waals surface area contributed by atoms with Gasteiger partial charge in [-0.3, -0.25) is 9.59 Å². The van der Waals surface area contributed by atoms with E-state index in [9.17, 15) is 14.4 Å². The molecule has 0 aliphatic rings. The van der Waals surface area contributed by atoms with Crippen LogP contribution in [0.2, 0.25) is 0 Å². The van der Waals surface area contributed by atoms with E-state index in [1.807, 2.05) is 13.0 Å². The highest BCUT2D eigenvalue weighted by molar-refractivity contribution is 5.95. The van der Waals surface area contributed by atoms with Crippen LogP contribution in [0.1, 0.15) is 15.9 Å². The van der Waals surface area contributed by atoms with Crippen molar-refractivity contribution in [2.24, 2.45) is 0 Å². The third-order valence-corrected chi connectivity index (χ3v) is 3.74. The van der Waals surface area contributed by atoms with Gasteiger partial charge in [0.2, 0.25) is 5.91 Å². The number of benzene rings is 2. The van der Waals surface area contributed by atoms with E-state index in [4.69, 9.17) is 9.47 Å². The second-order valence-electron chi connectivity index (χ2n) is 5.98. The Balaban J connectivity index is 1.82. The highest BCUT2D eigenvalue weighted by Crippen LogP contribution is 2.16. The quantitative estimate of drug-likeness (QED) is 0.756. The molecule has 0 bridgehead atoms. The van der Waals surface area contributed by atoms with Gasteiger partial charge in [-0.15, -0.1) is 0 Å². The van der Waals surface area contributed by atoms with E-state index in [1.54, 1.807) is 42.5 Å². The number of rotatable bonds is 7. The van der Waals surface area contributed by atoms with Crippen molar-refractivity contribution < 1.29 is 23.9 Å². The van der Waals surface area contributed by atoms with Gasteiger partial charge in [-0.2, -0.15) is 0 Å². The number of hydrogen-bond donors (Lipinski definition) is 1. The molecule has 142 valence electrons. The first-order valence-corrected chi connectivity index (χ1v) is 8.30. The summed E-state index contributed by atoms with van der Waals surface area (Å²) in [6, 6.07) is 13.8. The van der Waals surface area contributed by atoms with Crippen LogP contribution < -0.4 is 10.1 Å². The van der Waals surface area contributed by atoms with Crippen LogP contribution in [-0.4, -0.2) is 50.0 Å². The van der Waals surface area contributed by atoms with Gasteiger partial charge in [-0.1, -0.05) is 23.8 Å². The standard InChI is InChI=1S/C20H22N2O5/c1-14-6-4-7-15(10-14)20(25)27-13-19(24)22(2)12-18(23)21-16-8-5-9-17(11-16)26-3/h4-11H,12-13H2,1-3H3,(H,21,23). The van der Waals surface area contributed by atoms with Crippen molar-refractivity contribution in [3.05, 3.63) is 59.7 Å².